The lowest BCUT2D eigenvalue weighted by Crippen LogP contribution is -2.08. The van der Waals surface area contributed by atoms with Crippen LogP contribution in [0.4, 0.5) is 0 Å². The van der Waals surface area contributed by atoms with Gasteiger partial charge in [0.2, 0.25) is 0 Å². The molecule has 0 fully saturated rings. The first kappa shape index (κ1) is 8.87. The maximum atomic E-state index is 11.4. The van der Waals surface area contributed by atoms with Crippen molar-refractivity contribution in [2.75, 3.05) is 0 Å². The van der Waals surface area contributed by atoms with Gasteiger partial charge in [0.05, 0.1) is 22.9 Å². The number of pyridine rings is 1. The highest BCUT2D eigenvalue weighted by atomic mass is 16.1. The van der Waals surface area contributed by atoms with E-state index in [0.29, 0.717) is 10.9 Å². The van der Waals surface area contributed by atoms with Gasteiger partial charge in [-0.05, 0) is 12.0 Å². The highest BCUT2D eigenvalue weighted by molar-refractivity contribution is 5.79. The fourth-order valence-corrected chi connectivity index (χ4v) is 1.44. The van der Waals surface area contributed by atoms with E-state index in [9.17, 15) is 4.79 Å². The lowest BCUT2D eigenvalue weighted by Gasteiger charge is -2.05. The number of aromatic amines is 1. The van der Waals surface area contributed by atoms with Crippen LogP contribution in [0, 0.1) is 0 Å². The minimum atomic E-state index is -0.112. The minimum Gasteiger partial charge on any atom is -0.313 e. The molecule has 2 rings (SSSR count). The number of nitrogens with one attached hydrogen (secondary N) is 1. The maximum Gasteiger partial charge on any atom is 0.258 e. The van der Waals surface area contributed by atoms with E-state index in [-0.39, 0.29) is 11.5 Å². The van der Waals surface area contributed by atoms with Gasteiger partial charge in [-0.25, -0.2) is 4.98 Å². The van der Waals surface area contributed by atoms with Crippen LogP contribution in [0.2, 0.25) is 0 Å². The van der Waals surface area contributed by atoms with Crippen molar-refractivity contribution in [1.82, 2.24) is 15.0 Å². The Morgan fingerprint density at radius 3 is 2.86 bits per heavy atom. The van der Waals surface area contributed by atoms with Crippen LogP contribution >= 0.6 is 0 Å². The molecule has 4 heteroatoms. The predicted octanol–water partition coefficient (Wildman–Crippen LogP) is 1.44. The molecule has 72 valence electrons. The molecule has 1 N–H and O–H groups in total. The van der Waals surface area contributed by atoms with Crippen molar-refractivity contribution < 1.29 is 0 Å². The Morgan fingerprint density at radius 2 is 2.14 bits per heavy atom. The summed E-state index contributed by atoms with van der Waals surface area (Å²) in [5, 5.41) is 0.603. The second kappa shape index (κ2) is 3.21. The van der Waals surface area contributed by atoms with Crippen molar-refractivity contribution in [2.24, 2.45) is 0 Å². The van der Waals surface area contributed by atoms with Crippen molar-refractivity contribution in [3.63, 3.8) is 0 Å². The number of hydrogen-bond donors (Lipinski definition) is 1. The fraction of sp³-hybridized carbons (Fsp3) is 0.300. The van der Waals surface area contributed by atoms with Gasteiger partial charge in [-0.15, -0.1) is 0 Å². The molecule has 0 unspecified atom stereocenters. The third-order valence-corrected chi connectivity index (χ3v) is 2.13. The van der Waals surface area contributed by atoms with Crippen molar-refractivity contribution in [3.8, 4) is 0 Å². The van der Waals surface area contributed by atoms with E-state index >= 15 is 0 Å². The van der Waals surface area contributed by atoms with Crippen LogP contribution in [0.5, 0.6) is 0 Å². The van der Waals surface area contributed by atoms with Gasteiger partial charge in [0.15, 0.2) is 0 Å². The van der Waals surface area contributed by atoms with Gasteiger partial charge in [0.25, 0.3) is 5.56 Å². The van der Waals surface area contributed by atoms with Gasteiger partial charge in [0.1, 0.15) is 0 Å². The molecule has 0 aliphatic carbocycles. The first-order valence-corrected chi connectivity index (χ1v) is 4.52. The Hall–Kier alpha value is -1.71. The van der Waals surface area contributed by atoms with Crippen molar-refractivity contribution in [2.45, 2.75) is 19.8 Å². The summed E-state index contributed by atoms with van der Waals surface area (Å²) in [7, 11) is 0. The zero-order valence-electron chi connectivity index (χ0n) is 8.11. The van der Waals surface area contributed by atoms with Gasteiger partial charge in [-0.1, -0.05) is 13.8 Å². The summed E-state index contributed by atoms with van der Waals surface area (Å²) in [4.78, 5) is 22.4. The molecular formula is C10H11N3O. The fourth-order valence-electron chi connectivity index (χ4n) is 1.44. The Kier molecular flexibility index (Phi) is 2.04. The molecule has 2 aromatic rings. The minimum absolute atomic E-state index is 0.112. The third-order valence-electron chi connectivity index (χ3n) is 2.13. The zero-order chi connectivity index (χ0) is 10.1. The predicted molar refractivity (Wildman–Crippen MR) is 54.2 cm³/mol. The first-order valence-electron chi connectivity index (χ1n) is 4.52. The zero-order valence-corrected chi connectivity index (χ0v) is 8.11. The van der Waals surface area contributed by atoms with E-state index in [1.54, 1.807) is 12.3 Å². The average Bonchev–Trinajstić information content (AvgIpc) is 2.17. The van der Waals surface area contributed by atoms with Gasteiger partial charge in [-0.2, -0.15) is 0 Å². The smallest absolute Gasteiger partial charge is 0.258 e. The number of fused-ring (bicyclic) bond motifs is 1. The summed E-state index contributed by atoms with van der Waals surface area (Å²) in [5.74, 6) is 0.271. The Bertz CT molecular complexity index is 516. The number of nitrogens with zero attached hydrogens (tertiary/aromatic N) is 2. The normalized spacial score (nSPS) is 11.1. The SMILES string of the molecule is CC(C)c1nccc2c(=O)[nH]cnc12. The van der Waals surface area contributed by atoms with Crippen LogP contribution < -0.4 is 5.56 Å². The summed E-state index contributed by atoms with van der Waals surface area (Å²) in [5.41, 5.74) is 1.46. The number of hydrogen-bond acceptors (Lipinski definition) is 3. The van der Waals surface area contributed by atoms with Crippen LogP contribution in [0.1, 0.15) is 25.5 Å². The van der Waals surface area contributed by atoms with Crippen molar-refractivity contribution in [3.05, 3.63) is 34.6 Å². The quantitative estimate of drug-likeness (QED) is 0.738. The standard InChI is InChI=1S/C10H11N3O/c1-6(2)8-9-7(3-4-11-8)10(14)13-5-12-9/h3-6H,1-2H3,(H,12,13,14). The summed E-state index contributed by atoms with van der Waals surface area (Å²) < 4.78 is 0. The third kappa shape index (κ3) is 1.28. The lowest BCUT2D eigenvalue weighted by molar-refractivity contribution is 0.829. The summed E-state index contributed by atoms with van der Waals surface area (Å²) >= 11 is 0. The van der Waals surface area contributed by atoms with Gasteiger partial charge >= 0.3 is 0 Å². The molecule has 0 atom stereocenters. The van der Waals surface area contributed by atoms with Crippen LogP contribution in [0.15, 0.2) is 23.4 Å². The molecule has 0 radical (unpaired) electrons. The lowest BCUT2D eigenvalue weighted by atomic mass is 10.1. The Morgan fingerprint density at radius 1 is 1.36 bits per heavy atom. The van der Waals surface area contributed by atoms with E-state index in [2.05, 4.69) is 15.0 Å². The van der Waals surface area contributed by atoms with Crippen molar-refractivity contribution >= 4 is 10.9 Å². The monoisotopic (exact) mass is 189 g/mol. The van der Waals surface area contributed by atoms with Crippen molar-refractivity contribution in [1.29, 1.82) is 0 Å². The summed E-state index contributed by atoms with van der Waals surface area (Å²) in [6, 6.07) is 1.69. The molecule has 0 amide bonds. The van der Waals surface area contributed by atoms with E-state index in [0.717, 1.165) is 5.69 Å². The molecule has 0 aliphatic rings. The van der Waals surface area contributed by atoms with Crippen LogP contribution in [-0.2, 0) is 0 Å². The molecule has 14 heavy (non-hydrogen) atoms. The van der Waals surface area contributed by atoms with Crippen LogP contribution in [-0.4, -0.2) is 15.0 Å². The summed E-state index contributed by atoms with van der Waals surface area (Å²) in [6.45, 7) is 4.06. The molecule has 4 nitrogen and oxygen atoms in total. The van der Waals surface area contributed by atoms with Gasteiger partial charge < -0.3 is 4.98 Å². The molecule has 0 saturated heterocycles. The summed E-state index contributed by atoms with van der Waals surface area (Å²) in [6.07, 6.45) is 3.06. The van der Waals surface area contributed by atoms with E-state index < -0.39 is 0 Å². The molecular weight excluding hydrogens is 178 g/mol. The molecule has 0 bridgehead atoms. The van der Waals surface area contributed by atoms with Crippen LogP contribution in [0.3, 0.4) is 0 Å². The van der Waals surface area contributed by atoms with Crippen LogP contribution in [0.25, 0.3) is 10.9 Å². The number of H-pyrrole nitrogens is 1. The van der Waals surface area contributed by atoms with Gasteiger partial charge in [-0.3, -0.25) is 9.78 Å². The number of aromatic nitrogens is 3. The average molecular weight is 189 g/mol. The van der Waals surface area contributed by atoms with E-state index in [4.69, 9.17) is 0 Å². The molecule has 0 aromatic carbocycles. The van der Waals surface area contributed by atoms with E-state index in [1.807, 2.05) is 13.8 Å². The molecule has 2 heterocycles. The first-order chi connectivity index (χ1) is 6.70. The highest BCUT2D eigenvalue weighted by Gasteiger charge is 2.08. The second-order valence-electron chi connectivity index (χ2n) is 3.48. The topological polar surface area (TPSA) is 58.6 Å². The molecule has 0 saturated carbocycles. The molecule has 0 aliphatic heterocycles. The van der Waals surface area contributed by atoms with Gasteiger partial charge in [0, 0.05) is 6.20 Å². The largest absolute Gasteiger partial charge is 0.313 e. The molecule has 2 aromatic heterocycles. The number of rotatable bonds is 1. The second-order valence-corrected chi connectivity index (χ2v) is 3.48. The Labute approximate surface area is 81.0 Å². The van der Waals surface area contributed by atoms with E-state index in [1.165, 1.54) is 6.33 Å². The Balaban J connectivity index is 2.88. The maximum absolute atomic E-state index is 11.4. The highest BCUT2D eigenvalue weighted by Crippen LogP contribution is 2.17. The molecule has 0 spiro atoms.